The van der Waals surface area contributed by atoms with Crippen LogP contribution in [0.5, 0.6) is 0 Å². The number of carbonyl (C=O) groups is 3. The topological polar surface area (TPSA) is 293 Å². The second-order valence-electron chi connectivity index (χ2n) is 7.57. The van der Waals surface area contributed by atoms with Crippen LogP contribution in [0.3, 0.4) is 0 Å². The fraction of sp³-hybridized carbons (Fsp3) is 0.842. The van der Waals surface area contributed by atoms with Gasteiger partial charge in [0.1, 0.15) is 42.7 Å². The number of carbonyl (C=O) groups excluding carboxylic acids is 1. The highest BCUT2D eigenvalue weighted by Gasteiger charge is 2.45. The molecule has 0 radical (unpaired) electrons. The van der Waals surface area contributed by atoms with Gasteiger partial charge in [-0.25, -0.2) is 0 Å². The van der Waals surface area contributed by atoms with Crippen molar-refractivity contribution in [2.24, 2.45) is 11.5 Å². The zero-order valence-corrected chi connectivity index (χ0v) is 18.9. The molecule has 0 aromatic rings. The highest BCUT2D eigenvalue weighted by Crippen LogP contribution is 2.23. The Kier molecular flexibility index (Phi) is 16.7. The van der Waals surface area contributed by atoms with Crippen molar-refractivity contribution in [2.75, 3.05) is 19.8 Å². The van der Waals surface area contributed by atoms with Crippen molar-refractivity contribution in [3.05, 3.63) is 0 Å². The lowest BCUT2D eigenvalue weighted by molar-refractivity contribution is -0.317. The van der Waals surface area contributed by atoms with Crippen LogP contribution in [0.1, 0.15) is 25.7 Å². The quantitative estimate of drug-likeness (QED) is 0.0554. The summed E-state index contributed by atoms with van der Waals surface area (Å²) < 4.78 is 15.0. The summed E-state index contributed by atoms with van der Waals surface area (Å²) in [4.78, 5) is 31.8. The SMILES string of the molecule is NCCCCC(N)C(=O)O.O=C[C@H](O[C@H]1O[C@H](CO)[C@@H](O)[C@H](O)[C@H]1O)[C@@H](CO)O[C@H](O)CC(=O)O. The molecule has 9 atom stereocenters. The standard InChI is InChI=1S/C13H22O12.C6H14N2O2/c14-2-5(23-9(19)1-8(17)18)6(3-15)24-13-12(22)11(21)10(20)7(4-16)25-13;7-4-2-1-3-5(8)6(9)10/h3,5-7,9-14,16,19-22H,1-2,4H2,(H,17,18);5H,1-4,7-8H2,(H,9,10)/t5-,6+,7-,9+,10-,11+,12-,13+;/m1./s1. The van der Waals surface area contributed by atoms with Gasteiger partial charge in [-0.3, -0.25) is 9.59 Å². The van der Waals surface area contributed by atoms with Gasteiger partial charge >= 0.3 is 11.9 Å². The number of rotatable bonds is 15. The largest absolute Gasteiger partial charge is 0.481 e. The van der Waals surface area contributed by atoms with Crippen LogP contribution in [0.25, 0.3) is 0 Å². The summed E-state index contributed by atoms with van der Waals surface area (Å²) >= 11 is 0. The summed E-state index contributed by atoms with van der Waals surface area (Å²) in [5.41, 5.74) is 10.4. The first-order valence-electron chi connectivity index (χ1n) is 10.7. The fourth-order valence-electron chi connectivity index (χ4n) is 2.80. The van der Waals surface area contributed by atoms with Crippen LogP contribution >= 0.6 is 0 Å². The van der Waals surface area contributed by atoms with E-state index >= 15 is 0 Å². The van der Waals surface area contributed by atoms with E-state index in [1.54, 1.807) is 0 Å². The van der Waals surface area contributed by atoms with Gasteiger partial charge in [0.05, 0.1) is 19.6 Å². The van der Waals surface area contributed by atoms with Gasteiger partial charge in [-0.2, -0.15) is 0 Å². The lowest BCUT2D eigenvalue weighted by Crippen LogP contribution is -2.60. The fourth-order valence-corrected chi connectivity index (χ4v) is 2.80. The van der Waals surface area contributed by atoms with Gasteiger partial charge in [0.25, 0.3) is 0 Å². The van der Waals surface area contributed by atoms with Crippen LogP contribution < -0.4 is 11.5 Å². The number of carboxylic acids is 2. The Morgan fingerprint density at radius 3 is 2.14 bits per heavy atom. The van der Waals surface area contributed by atoms with E-state index in [1.165, 1.54) is 0 Å². The van der Waals surface area contributed by atoms with Gasteiger partial charge in [-0.15, -0.1) is 0 Å². The normalized spacial score (nSPS) is 27.6. The highest BCUT2D eigenvalue weighted by molar-refractivity contribution is 5.72. The molecule has 0 saturated carbocycles. The van der Waals surface area contributed by atoms with E-state index < -0.39 is 86.8 Å². The molecule has 0 aromatic carbocycles. The van der Waals surface area contributed by atoms with Gasteiger partial charge in [0.15, 0.2) is 18.9 Å². The van der Waals surface area contributed by atoms with Crippen molar-refractivity contribution in [1.82, 2.24) is 0 Å². The van der Waals surface area contributed by atoms with E-state index in [2.05, 4.69) is 0 Å². The maximum atomic E-state index is 11.2. The van der Waals surface area contributed by atoms with Crippen molar-refractivity contribution in [3.8, 4) is 0 Å². The molecule has 12 N–H and O–H groups in total. The maximum Gasteiger partial charge on any atom is 0.320 e. The van der Waals surface area contributed by atoms with Crippen LogP contribution in [-0.2, 0) is 28.6 Å². The van der Waals surface area contributed by atoms with Crippen molar-refractivity contribution in [2.45, 2.75) is 80.9 Å². The van der Waals surface area contributed by atoms with E-state index in [4.69, 9.17) is 41.0 Å². The number of hydrogen-bond acceptors (Lipinski definition) is 14. The molecule has 0 amide bonds. The molecule has 0 spiro atoms. The molecule has 1 fully saturated rings. The van der Waals surface area contributed by atoms with E-state index in [-0.39, 0.29) is 6.29 Å². The number of ether oxygens (including phenoxy) is 3. The summed E-state index contributed by atoms with van der Waals surface area (Å²) in [7, 11) is 0. The van der Waals surface area contributed by atoms with Crippen LogP contribution in [0, 0.1) is 0 Å². The van der Waals surface area contributed by atoms with Crippen molar-refractivity contribution < 1.29 is 69.4 Å². The van der Waals surface area contributed by atoms with E-state index in [0.717, 1.165) is 12.8 Å². The molecule has 1 aliphatic heterocycles. The van der Waals surface area contributed by atoms with Gasteiger partial charge in [0, 0.05) is 0 Å². The molecule has 16 heteroatoms. The molecule has 206 valence electrons. The number of hydrogen-bond donors (Lipinski definition) is 10. The van der Waals surface area contributed by atoms with Gasteiger partial charge < -0.3 is 71.3 Å². The summed E-state index contributed by atoms with van der Waals surface area (Å²) in [5, 5.41) is 73.7. The van der Waals surface area contributed by atoms with Gasteiger partial charge in [-0.05, 0) is 19.4 Å². The number of carboxylic acid groups (broad SMARTS) is 2. The molecular weight excluding hydrogens is 480 g/mol. The third-order valence-corrected chi connectivity index (χ3v) is 4.79. The predicted octanol–water partition coefficient (Wildman–Crippen LogP) is -4.93. The van der Waals surface area contributed by atoms with Gasteiger partial charge in [0.2, 0.25) is 0 Å². The summed E-state index contributed by atoms with van der Waals surface area (Å²) in [6, 6.07) is -0.716. The van der Waals surface area contributed by atoms with E-state index in [0.29, 0.717) is 13.0 Å². The summed E-state index contributed by atoms with van der Waals surface area (Å²) in [6.07, 6.45) is -11.6. The first-order valence-corrected chi connectivity index (χ1v) is 10.7. The highest BCUT2D eigenvalue weighted by atomic mass is 16.7. The molecule has 35 heavy (non-hydrogen) atoms. The number of aliphatic hydroxyl groups is 6. The number of aldehydes is 1. The Bertz CT molecular complexity index is 624. The average Bonchev–Trinajstić information content (AvgIpc) is 2.81. The van der Waals surface area contributed by atoms with Gasteiger partial charge in [-0.1, -0.05) is 6.42 Å². The Hall–Kier alpha value is -1.83. The molecule has 1 saturated heterocycles. The monoisotopic (exact) mass is 516 g/mol. The van der Waals surface area contributed by atoms with Crippen LogP contribution in [0.15, 0.2) is 0 Å². The first-order chi connectivity index (χ1) is 16.4. The summed E-state index contributed by atoms with van der Waals surface area (Å²) in [6.45, 7) is -0.961. The van der Waals surface area contributed by atoms with Crippen LogP contribution in [-0.4, -0.2) is 134 Å². The smallest absolute Gasteiger partial charge is 0.320 e. The second-order valence-corrected chi connectivity index (χ2v) is 7.57. The number of nitrogens with two attached hydrogens (primary N) is 2. The van der Waals surface area contributed by atoms with Crippen molar-refractivity contribution in [3.63, 3.8) is 0 Å². The Balaban J connectivity index is 0.000000972. The summed E-state index contributed by atoms with van der Waals surface area (Å²) in [5.74, 6) is -2.32. The first kappa shape index (κ1) is 33.2. The van der Waals surface area contributed by atoms with E-state index in [9.17, 15) is 39.9 Å². The number of aliphatic carboxylic acids is 2. The molecule has 1 unspecified atom stereocenters. The zero-order valence-electron chi connectivity index (χ0n) is 18.9. The zero-order chi connectivity index (χ0) is 27.1. The minimum Gasteiger partial charge on any atom is -0.481 e. The molecule has 0 bridgehead atoms. The Morgan fingerprint density at radius 2 is 1.69 bits per heavy atom. The predicted molar refractivity (Wildman–Crippen MR) is 113 cm³/mol. The molecule has 0 aliphatic carbocycles. The number of aliphatic hydroxyl groups excluding tert-OH is 6. The maximum absolute atomic E-state index is 11.2. The van der Waals surface area contributed by atoms with Crippen molar-refractivity contribution in [1.29, 1.82) is 0 Å². The molecule has 1 rings (SSSR count). The van der Waals surface area contributed by atoms with E-state index in [1.807, 2.05) is 0 Å². The van der Waals surface area contributed by atoms with Crippen molar-refractivity contribution >= 4 is 18.2 Å². The second kappa shape index (κ2) is 17.6. The minimum absolute atomic E-state index is 0.149. The van der Waals surface area contributed by atoms with Crippen LogP contribution in [0.2, 0.25) is 0 Å². The third-order valence-electron chi connectivity index (χ3n) is 4.79. The molecule has 1 heterocycles. The molecule has 16 nitrogen and oxygen atoms in total. The minimum atomic E-state index is -1.84. The van der Waals surface area contributed by atoms with Crippen LogP contribution in [0.4, 0.5) is 0 Å². The lowest BCUT2D eigenvalue weighted by Gasteiger charge is -2.40. The Morgan fingerprint density at radius 1 is 1.06 bits per heavy atom. The Labute approximate surface area is 200 Å². The molecular formula is C19H36N2O14. The number of unbranched alkanes of at least 4 members (excludes halogenated alkanes) is 1. The average molecular weight is 516 g/mol. The molecule has 0 aromatic heterocycles. The molecule has 1 aliphatic rings. The third kappa shape index (κ3) is 12.1. The lowest BCUT2D eigenvalue weighted by atomic mass is 9.99.